The van der Waals surface area contributed by atoms with E-state index in [4.69, 9.17) is 5.73 Å². The van der Waals surface area contributed by atoms with Gasteiger partial charge < -0.3 is 5.73 Å². The highest BCUT2D eigenvalue weighted by Gasteiger charge is 2.20. The quantitative estimate of drug-likeness (QED) is 0.522. The second-order valence-corrected chi connectivity index (χ2v) is 7.29. The Bertz CT molecular complexity index is 1010. The Morgan fingerprint density at radius 1 is 1.08 bits per heavy atom. The number of nitrogens with two attached hydrogens (primary N) is 1. The summed E-state index contributed by atoms with van der Waals surface area (Å²) in [6.07, 6.45) is 0. The minimum absolute atomic E-state index is 0.0837. The van der Waals surface area contributed by atoms with Gasteiger partial charge in [-0.05, 0) is 42.8 Å². The Morgan fingerprint density at radius 2 is 1.72 bits per heavy atom. The van der Waals surface area contributed by atoms with Gasteiger partial charge in [-0.15, -0.1) is 0 Å². The van der Waals surface area contributed by atoms with Gasteiger partial charge >= 0.3 is 0 Å². The number of hydrogen-bond acceptors (Lipinski definition) is 3. The van der Waals surface area contributed by atoms with E-state index in [-0.39, 0.29) is 11.4 Å². The van der Waals surface area contributed by atoms with Crippen LogP contribution >= 0.6 is 31.9 Å². The Kier molecular flexibility index (Phi) is 4.89. The van der Waals surface area contributed by atoms with Crippen LogP contribution in [0.2, 0.25) is 0 Å². The van der Waals surface area contributed by atoms with Gasteiger partial charge in [0.25, 0.3) is 0 Å². The molecule has 3 rings (SSSR count). The van der Waals surface area contributed by atoms with Gasteiger partial charge in [0.15, 0.2) is 0 Å². The number of anilines is 1. The van der Waals surface area contributed by atoms with Gasteiger partial charge in [-0.2, -0.15) is 5.26 Å². The van der Waals surface area contributed by atoms with Gasteiger partial charge in [-0.3, -0.25) is 0 Å². The van der Waals surface area contributed by atoms with Crippen LogP contribution in [-0.4, -0.2) is 4.98 Å². The van der Waals surface area contributed by atoms with Crippen molar-refractivity contribution in [3.05, 3.63) is 68.4 Å². The first kappa shape index (κ1) is 17.6. The predicted octanol–water partition coefficient (Wildman–Crippen LogP) is 5.84. The van der Waals surface area contributed by atoms with Gasteiger partial charge in [0, 0.05) is 25.6 Å². The normalized spacial score (nSPS) is 10.5. The molecule has 25 heavy (non-hydrogen) atoms. The third-order valence-electron chi connectivity index (χ3n) is 3.90. The number of nitrogen functional groups attached to an aromatic ring is 1. The van der Waals surface area contributed by atoms with E-state index in [1.165, 1.54) is 6.07 Å². The highest BCUT2D eigenvalue weighted by molar-refractivity contribution is 9.10. The molecular weight excluding hydrogens is 449 g/mol. The largest absolute Gasteiger partial charge is 0.383 e. The van der Waals surface area contributed by atoms with E-state index in [2.05, 4.69) is 42.9 Å². The van der Waals surface area contributed by atoms with Crippen molar-refractivity contribution < 1.29 is 4.39 Å². The number of nitrogens with zero attached hydrogens (tertiary/aromatic N) is 2. The summed E-state index contributed by atoms with van der Waals surface area (Å²) in [5, 5.41) is 9.53. The molecule has 2 N–H and O–H groups in total. The smallest absolute Gasteiger partial charge is 0.142 e. The first-order valence-electron chi connectivity index (χ1n) is 7.34. The molecule has 3 aromatic rings. The zero-order chi connectivity index (χ0) is 18.1. The summed E-state index contributed by atoms with van der Waals surface area (Å²) in [7, 11) is 0. The molecule has 0 fully saturated rings. The van der Waals surface area contributed by atoms with Crippen LogP contribution in [0.15, 0.2) is 51.4 Å². The van der Waals surface area contributed by atoms with Crippen LogP contribution in [0, 0.1) is 24.1 Å². The highest BCUT2D eigenvalue weighted by atomic mass is 79.9. The summed E-state index contributed by atoms with van der Waals surface area (Å²) in [6.45, 7) is 1.82. The predicted molar refractivity (Wildman–Crippen MR) is 104 cm³/mol. The summed E-state index contributed by atoms with van der Waals surface area (Å²) in [5.41, 5.74) is 9.14. The van der Waals surface area contributed by atoms with Crippen LogP contribution < -0.4 is 5.73 Å². The van der Waals surface area contributed by atoms with Crippen LogP contribution in [0.1, 0.15) is 11.1 Å². The first-order valence-corrected chi connectivity index (χ1v) is 8.92. The van der Waals surface area contributed by atoms with Gasteiger partial charge in [-0.25, -0.2) is 9.37 Å². The average Bonchev–Trinajstić information content (AvgIpc) is 2.59. The topological polar surface area (TPSA) is 62.7 Å². The summed E-state index contributed by atoms with van der Waals surface area (Å²) >= 11 is 6.75. The van der Waals surface area contributed by atoms with Crippen molar-refractivity contribution in [1.29, 1.82) is 5.26 Å². The van der Waals surface area contributed by atoms with Crippen LogP contribution in [0.5, 0.6) is 0 Å². The maximum atomic E-state index is 14.5. The maximum absolute atomic E-state index is 14.5. The molecule has 0 amide bonds. The van der Waals surface area contributed by atoms with Crippen molar-refractivity contribution in [1.82, 2.24) is 4.98 Å². The SMILES string of the molecule is Cc1c(-c2ccc(Br)cc2)nc(N)c(C#N)c1-c1cc(Br)ccc1F. The zero-order valence-corrected chi connectivity index (χ0v) is 16.3. The molecule has 0 aliphatic carbocycles. The van der Waals surface area contributed by atoms with Gasteiger partial charge in [0.05, 0.1) is 5.69 Å². The summed E-state index contributed by atoms with van der Waals surface area (Å²) in [6, 6.07) is 14.2. The van der Waals surface area contributed by atoms with Gasteiger partial charge in [0.2, 0.25) is 0 Å². The van der Waals surface area contributed by atoms with Crippen LogP contribution in [0.4, 0.5) is 10.2 Å². The van der Waals surface area contributed by atoms with Crippen LogP contribution in [0.25, 0.3) is 22.4 Å². The molecule has 2 aromatic carbocycles. The monoisotopic (exact) mass is 459 g/mol. The summed E-state index contributed by atoms with van der Waals surface area (Å²) < 4.78 is 16.1. The van der Waals surface area contributed by atoms with Crippen molar-refractivity contribution in [2.45, 2.75) is 6.92 Å². The number of hydrogen-bond donors (Lipinski definition) is 1. The van der Waals surface area contributed by atoms with E-state index in [1.807, 2.05) is 31.2 Å². The van der Waals surface area contributed by atoms with E-state index in [0.29, 0.717) is 26.9 Å². The molecule has 0 aliphatic rings. The third-order valence-corrected chi connectivity index (χ3v) is 4.92. The number of aromatic nitrogens is 1. The second-order valence-electron chi connectivity index (χ2n) is 5.46. The molecule has 3 nitrogen and oxygen atoms in total. The Hall–Kier alpha value is -2.23. The van der Waals surface area contributed by atoms with E-state index in [1.54, 1.807) is 12.1 Å². The molecule has 0 atom stereocenters. The molecule has 6 heteroatoms. The maximum Gasteiger partial charge on any atom is 0.142 e. The fourth-order valence-electron chi connectivity index (χ4n) is 2.72. The molecule has 0 radical (unpaired) electrons. The number of nitriles is 1. The average molecular weight is 461 g/mol. The van der Waals surface area contributed by atoms with Crippen molar-refractivity contribution in [3.63, 3.8) is 0 Å². The van der Waals surface area contributed by atoms with E-state index in [0.717, 1.165) is 10.0 Å². The lowest BCUT2D eigenvalue weighted by molar-refractivity contribution is 0.631. The molecule has 0 unspecified atom stereocenters. The number of benzene rings is 2. The summed E-state index contributed by atoms with van der Waals surface area (Å²) in [4.78, 5) is 4.39. The summed E-state index contributed by atoms with van der Waals surface area (Å²) in [5.74, 6) is -0.337. The molecule has 1 aromatic heterocycles. The van der Waals surface area contributed by atoms with E-state index in [9.17, 15) is 9.65 Å². The third kappa shape index (κ3) is 3.30. The molecule has 0 aliphatic heterocycles. The molecule has 0 spiro atoms. The van der Waals surface area contributed by atoms with Crippen LogP contribution in [-0.2, 0) is 0 Å². The Morgan fingerprint density at radius 3 is 2.36 bits per heavy atom. The van der Waals surface area contributed by atoms with Crippen molar-refractivity contribution >= 4 is 37.7 Å². The molecule has 0 saturated carbocycles. The molecule has 124 valence electrons. The Balaban J connectivity index is 2.36. The van der Waals surface area contributed by atoms with Crippen molar-refractivity contribution in [2.24, 2.45) is 0 Å². The molecule has 1 heterocycles. The van der Waals surface area contributed by atoms with Crippen molar-refractivity contribution in [3.8, 4) is 28.5 Å². The highest BCUT2D eigenvalue weighted by Crippen LogP contribution is 2.38. The van der Waals surface area contributed by atoms with Crippen molar-refractivity contribution in [2.75, 3.05) is 5.73 Å². The lowest BCUT2D eigenvalue weighted by Gasteiger charge is -2.16. The standard InChI is InChI=1S/C19H12Br2FN3/c1-10-17(14-8-13(21)6-7-16(14)22)15(9-23)19(24)25-18(10)11-2-4-12(20)5-3-11/h2-8H,1H3,(H2,24,25). The first-order chi connectivity index (χ1) is 11.9. The minimum atomic E-state index is -0.421. The molecule has 0 bridgehead atoms. The second kappa shape index (κ2) is 6.95. The molecule has 0 saturated heterocycles. The number of rotatable bonds is 2. The molecular formula is C19H12Br2FN3. The lowest BCUT2D eigenvalue weighted by Crippen LogP contribution is -2.04. The van der Waals surface area contributed by atoms with Gasteiger partial charge in [0.1, 0.15) is 23.3 Å². The number of halogens is 3. The van der Waals surface area contributed by atoms with E-state index < -0.39 is 5.82 Å². The van der Waals surface area contributed by atoms with Crippen LogP contribution in [0.3, 0.4) is 0 Å². The van der Waals surface area contributed by atoms with Gasteiger partial charge in [-0.1, -0.05) is 44.0 Å². The minimum Gasteiger partial charge on any atom is -0.383 e. The lowest BCUT2D eigenvalue weighted by atomic mass is 9.92. The number of pyridine rings is 1. The van der Waals surface area contributed by atoms with E-state index >= 15 is 0 Å². The fourth-order valence-corrected chi connectivity index (χ4v) is 3.35. The zero-order valence-electron chi connectivity index (χ0n) is 13.1. The fraction of sp³-hybridized carbons (Fsp3) is 0.0526. The Labute approximate surface area is 161 Å².